The Balaban J connectivity index is 3.06. The highest BCUT2D eigenvalue weighted by atomic mass is 19.1. The molecule has 0 unspecified atom stereocenters. The van der Waals surface area contributed by atoms with Crippen molar-refractivity contribution in [2.75, 3.05) is 12.3 Å². The summed E-state index contributed by atoms with van der Waals surface area (Å²) in [6.07, 6.45) is 0. The number of amides is 1. The molecule has 0 saturated carbocycles. The molecule has 4 heteroatoms. The maximum Gasteiger partial charge on any atom is 0.256 e. The largest absolute Gasteiger partial charge is 0.396 e. The molecule has 18 heavy (non-hydrogen) atoms. The van der Waals surface area contributed by atoms with Gasteiger partial charge in [-0.3, -0.25) is 4.79 Å². The Morgan fingerprint density at radius 3 is 2.44 bits per heavy atom. The summed E-state index contributed by atoms with van der Waals surface area (Å²) in [5, 5.41) is 0. The number of nitrogen functional groups attached to an aromatic ring is 1. The summed E-state index contributed by atoms with van der Waals surface area (Å²) in [7, 11) is 0. The van der Waals surface area contributed by atoms with Crippen LogP contribution in [0.3, 0.4) is 0 Å². The third kappa shape index (κ3) is 3.22. The first-order chi connectivity index (χ1) is 8.34. The Morgan fingerprint density at radius 2 is 1.94 bits per heavy atom. The molecule has 0 radical (unpaired) electrons. The van der Waals surface area contributed by atoms with Crippen molar-refractivity contribution >= 4 is 11.6 Å². The van der Waals surface area contributed by atoms with Crippen LogP contribution in [0.25, 0.3) is 0 Å². The number of carbonyl (C=O) groups excluding carboxylic acids is 1. The second kappa shape index (κ2) is 5.85. The monoisotopic (exact) mass is 252 g/mol. The third-order valence-corrected chi connectivity index (χ3v) is 2.73. The second-order valence-corrected chi connectivity index (χ2v) is 5.15. The number of hydrogen-bond donors (Lipinski definition) is 1. The van der Waals surface area contributed by atoms with Crippen LogP contribution >= 0.6 is 0 Å². The van der Waals surface area contributed by atoms with E-state index in [1.54, 1.807) is 11.0 Å². The normalized spacial score (nSPS) is 11.1. The Kier molecular flexibility index (Phi) is 4.70. The number of para-hydroxylation sites is 1. The molecule has 3 nitrogen and oxygen atoms in total. The van der Waals surface area contributed by atoms with E-state index < -0.39 is 5.82 Å². The summed E-state index contributed by atoms with van der Waals surface area (Å²) >= 11 is 0. The van der Waals surface area contributed by atoms with Crippen molar-refractivity contribution in [3.63, 3.8) is 0 Å². The number of nitrogens with zero attached hydrogens (tertiary/aromatic N) is 1. The molecule has 1 aromatic carbocycles. The van der Waals surface area contributed by atoms with E-state index in [0.29, 0.717) is 12.5 Å². The van der Waals surface area contributed by atoms with Gasteiger partial charge in [-0.05, 0) is 31.9 Å². The van der Waals surface area contributed by atoms with Crippen LogP contribution in [0.4, 0.5) is 10.1 Å². The van der Waals surface area contributed by atoms with Crippen LogP contribution in [-0.2, 0) is 0 Å². The van der Waals surface area contributed by atoms with Crippen LogP contribution in [0.15, 0.2) is 18.2 Å². The summed E-state index contributed by atoms with van der Waals surface area (Å²) in [6, 6.07) is 4.39. The zero-order chi connectivity index (χ0) is 13.9. The van der Waals surface area contributed by atoms with Gasteiger partial charge in [0.2, 0.25) is 0 Å². The predicted octanol–water partition coefficient (Wildman–Crippen LogP) is 2.91. The number of hydrogen-bond acceptors (Lipinski definition) is 2. The van der Waals surface area contributed by atoms with E-state index in [4.69, 9.17) is 5.73 Å². The Hall–Kier alpha value is -1.58. The molecule has 0 spiro atoms. The molecular weight excluding hydrogens is 231 g/mol. The summed E-state index contributed by atoms with van der Waals surface area (Å²) in [5.41, 5.74) is 5.80. The van der Waals surface area contributed by atoms with Gasteiger partial charge in [-0.1, -0.05) is 19.9 Å². The van der Waals surface area contributed by atoms with Crippen molar-refractivity contribution < 1.29 is 9.18 Å². The van der Waals surface area contributed by atoms with Crippen LogP contribution in [-0.4, -0.2) is 23.4 Å². The first-order valence-electron chi connectivity index (χ1n) is 6.19. The molecule has 1 rings (SSSR count). The molecular formula is C14H21FN2O. The molecule has 0 saturated heterocycles. The zero-order valence-corrected chi connectivity index (χ0v) is 11.4. The van der Waals surface area contributed by atoms with E-state index in [2.05, 4.69) is 0 Å². The predicted molar refractivity (Wildman–Crippen MR) is 71.8 cm³/mol. The molecule has 2 N–H and O–H groups in total. The van der Waals surface area contributed by atoms with E-state index in [9.17, 15) is 9.18 Å². The molecule has 0 aliphatic heterocycles. The average molecular weight is 252 g/mol. The molecule has 0 fully saturated rings. The quantitative estimate of drug-likeness (QED) is 0.837. The Bertz CT molecular complexity index is 430. The lowest BCUT2D eigenvalue weighted by Gasteiger charge is -2.29. The highest BCUT2D eigenvalue weighted by Gasteiger charge is 2.22. The summed E-state index contributed by atoms with van der Waals surface area (Å²) in [4.78, 5) is 14.1. The minimum absolute atomic E-state index is 0.0579. The minimum Gasteiger partial charge on any atom is -0.396 e. The number of nitrogens with two attached hydrogens (primary N) is 1. The van der Waals surface area contributed by atoms with Gasteiger partial charge in [0.25, 0.3) is 5.91 Å². The summed E-state index contributed by atoms with van der Waals surface area (Å²) < 4.78 is 13.4. The Morgan fingerprint density at radius 1 is 1.33 bits per heavy atom. The number of rotatable bonds is 4. The highest BCUT2D eigenvalue weighted by Crippen LogP contribution is 2.19. The van der Waals surface area contributed by atoms with E-state index in [-0.39, 0.29) is 23.2 Å². The molecule has 0 atom stereocenters. The lowest BCUT2D eigenvalue weighted by Crippen LogP contribution is -2.39. The smallest absolute Gasteiger partial charge is 0.256 e. The standard InChI is InChI=1S/C14H21FN2O/c1-9(2)8-17(10(3)4)14(18)11-6-5-7-12(15)13(11)16/h5-7,9-10H,8,16H2,1-4H3. The van der Waals surface area contributed by atoms with Crippen molar-refractivity contribution in [1.29, 1.82) is 0 Å². The van der Waals surface area contributed by atoms with Crippen molar-refractivity contribution in [3.8, 4) is 0 Å². The van der Waals surface area contributed by atoms with Crippen molar-refractivity contribution in [2.45, 2.75) is 33.7 Å². The van der Waals surface area contributed by atoms with Gasteiger partial charge in [0.15, 0.2) is 0 Å². The molecule has 0 aromatic heterocycles. The van der Waals surface area contributed by atoms with Gasteiger partial charge < -0.3 is 10.6 Å². The van der Waals surface area contributed by atoms with Gasteiger partial charge in [-0.15, -0.1) is 0 Å². The van der Waals surface area contributed by atoms with Gasteiger partial charge in [0.1, 0.15) is 5.82 Å². The Labute approximate surface area is 108 Å². The van der Waals surface area contributed by atoms with Gasteiger partial charge in [0, 0.05) is 12.6 Å². The van der Waals surface area contributed by atoms with Gasteiger partial charge in [-0.25, -0.2) is 4.39 Å². The minimum atomic E-state index is -0.547. The van der Waals surface area contributed by atoms with Gasteiger partial charge in [0.05, 0.1) is 11.3 Å². The highest BCUT2D eigenvalue weighted by molar-refractivity contribution is 5.99. The van der Waals surface area contributed by atoms with Gasteiger partial charge >= 0.3 is 0 Å². The van der Waals surface area contributed by atoms with Crippen LogP contribution in [0.2, 0.25) is 0 Å². The van der Waals surface area contributed by atoms with E-state index in [1.165, 1.54) is 12.1 Å². The van der Waals surface area contributed by atoms with Crippen LogP contribution < -0.4 is 5.73 Å². The SMILES string of the molecule is CC(C)CN(C(=O)c1cccc(F)c1N)C(C)C. The number of anilines is 1. The molecule has 1 aromatic rings. The van der Waals surface area contributed by atoms with Crippen LogP contribution in [0, 0.1) is 11.7 Å². The maximum atomic E-state index is 13.4. The number of benzene rings is 1. The van der Waals surface area contributed by atoms with Crippen LogP contribution in [0.1, 0.15) is 38.1 Å². The summed E-state index contributed by atoms with van der Waals surface area (Å²) in [6.45, 7) is 8.59. The molecule has 0 bridgehead atoms. The maximum absolute atomic E-state index is 13.4. The molecule has 1 amide bonds. The second-order valence-electron chi connectivity index (χ2n) is 5.15. The molecule has 0 aliphatic rings. The van der Waals surface area contributed by atoms with Crippen molar-refractivity contribution in [2.24, 2.45) is 5.92 Å². The lowest BCUT2D eigenvalue weighted by atomic mass is 10.1. The topological polar surface area (TPSA) is 46.3 Å². The average Bonchev–Trinajstić information content (AvgIpc) is 2.28. The van der Waals surface area contributed by atoms with E-state index in [0.717, 1.165) is 0 Å². The van der Waals surface area contributed by atoms with E-state index >= 15 is 0 Å². The zero-order valence-electron chi connectivity index (χ0n) is 11.4. The third-order valence-electron chi connectivity index (χ3n) is 2.73. The van der Waals surface area contributed by atoms with Gasteiger partial charge in [-0.2, -0.15) is 0 Å². The lowest BCUT2D eigenvalue weighted by molar-refractivity contribution is 0.0682. The fourth-order valence-corrected chi connectivity index (χ4v) is 1.80. The molecule has 100 valence electrons. The van der Waals surface area contributed by atoms with E-state index in [1.807, 2.05) is 27.7 Å². The number of carbonyl (C=O) groups is 1. The van der Waals surface area contributed by atoms with Crippen molar-refractivity contribution in [3.05, 3.63) is 29.6 Å². The molecule has 0 aliphatic carbocycles. The molecule has 0 heterocycles. The van der Waals surface area contributed by atoms with Crippen molar-refractivity contribution in [1.82, 2.24) is 4.90 Å². The number of halogens is 1. The summed E-state index contributed by atoms with van der Waals surface area (Å²) in [5.74, 6) is -0.407. The fourth-order valence-electron chi connectivity index (χ4n) is 1.80. The first-order valence-corrected chi connectivity index (χ1v) is 6.19. The van der Waals surface area contributed by atoms with Crippen LogP contribution in [0.5, 0.6) is 0 Å². The fraction of sp³-hybridized carbons (Fsp3) is 0.500. The first kappa shape index (κ1) is 14.5.